The topological polar surface area (TPSA) is 82.4 Å². The summed E-state index contributed by atoms with van der Waals surface area (Å²) >= 11 is 1.38. The number of ether oxygens (including phenoxy) is 1. The van der Waals surface area contributed by atoms with Crippen LogP contribution < -0.4 is 10.2 Å². The molecule has 1 aliphatic rings. The first kappa shape index (κ1) is 23.5. The maximum atomic E-state index is 14.4. The molecule has 2 atom stereocenters. The highest BCUT2D eigenvalue weighted by Gasteiger charge is 2.64. The van der Waals surface area contributed by atoms with E-state index in [1.165, 1.54) is 11.3 Å². The van der Waals surface area contributed by atoms with Crippen molar-refractivity contribution in [2.24, 2.45) is 0 Å². The zero-order valence-corrected chi connectivity index (χ0v) is 20.5. The van der Waals surface area contributed by atoms with E-state index in [1.54, 1.807) is 38.7 Å². The van der Waals surface area contributed by atoms with Gasteiger partial charge in [0.2, 0.25) is 0 Å². The fraction of sp³-hybridized carbons (Fsp3) is 0.296. The molecule has 7 heteroatoms. The van der Waals surface area contributed by atoms with Crippen molar-refractivity contribution in [1.82, 2.24) is 5.32 Å². The van der Waals surface area contributed by atoms with E-state index in [2.05, 4.69) is 11.4 Å². The first-order valence-corrected chi connectivity index (χ1v) is 11.9. The number of nitriles is 1. The summed E-state index contributed by atoms with van der Waals surface area (Å²) in [6.45, 7) is 7.29. The number of hydrogen-bond acceptors (Lipinski definition) is 5. The normalized spacial score (nSPS) is 19.1. The second-order valence-corrected chi connectivity index (χ2v) is 10.4. The van der Waals surface area contributed by atoms with Crippen LogP contribution >= 0.6 is 11.3 Å². The quantitative estimate of drug-likeness (QED) is 0.531. The number of amides is 2. The Morgan fingerprint density at radius 1 is 1.06 bits per heavy atom. The summed E-state index contributed by atoms with van der Waals surface area (Å²) in [6.07, 6.45) is -0.754. The van der Waals surface area contributed by atoms with Crippen LogP contribution in [-0.4, -0.2) is 17.6 Å². The lowest BCUT2D eigenvalue weighted by Gasteiger charge is -2.41. The molecule has 3 aromatic rings. The Morgan fingerprint density at radius 2 is 1.74 bits per heavy atom. The summed E-state index contributed by atoms with van der Waals surface area (Å²) in [5.74, 6) is -0.374. The number of alkyl carbamates (subject to hydrolysis) is 1. The lowest BCUT2D eigenvalue weighted by Crippen LogP contribution is -2.63. The largest absolute Gasteiger partial charge is 0.444 e. The molecule has 0 fully saturated rings. The van der Waals surface area contributed by atoms with Crippen LogP contribution in [0.1, 0.15) is 43.7 Å². The Balaban J connectivity index is 1.93. The van der Waals surface area contributed by atoms with Gasteiger partial charge >= 0.3 is 6.09 Å². The lowest BCUT2D eigenvalue weighted by molar-refractivity contribution is -0.126. The predicted molar refractivity (Wildman–Crippen MR) is 132 cm³/mol. The fourth-order valence-electron chi connectivity index (χ4n) is 4.45. The van der Waals surface area contributed by atoms with Crippen LogP contribution in [0, 0.1) is 11.3 Å². The van der Waals surface area contributed by atoms with Gasteiger partial charge in [0.25, 0.3) is 5.91 Å². The summed E-state index contributed by atoms with van der Waals surface area (Å²) in [6, 6.07) is 23.0. The van der Waals surface area contributed by atoms with Crippen LogP contribution in [0.15, 0.2) is 72.1 Å². The maximum absolute atomic E-state index is 14.4. The molecular formula is C27H27N3O3S. The van der Waals surface area contributed by atoms with Crippen LogP contribution in [0.3, 0.4) is 0 Å². The third-order valence-electron chi connectivity index (χ3n) is 6.02. The van der Waals surface area contributed by atoms with Crippen LogP contribution in [0.25, 0.3) is 0 Å². The van der Waals surface area contributed by atoms with E-state index in [0.717, 1.165) is 5.56 Å². The van der Waals surface area contributed by atoms with Crippen molar-refractivity contribution in [3.05, 3.63) is 88.1 Å². The van der Waals surface area contributed by atoms with E-state index in [4.69, 9.17) is 4.74 Å². The molecule has 1 aromatic heterocycles. The maximum Gasteiger partial charge on any atom is 0.408 e. The van der Waals surface area contributed by atoms with Crippen molar-refractivity contribution in [1.29, 1.82) is 5.26 Å². The molecule has 2 amide bonds. The van der Waals surface area contributed by atoms with Crippen LogP contribution in [0.5, 0.6) is 0 Å². The van der Waals surface area contributed by atoms with E-state index in [9.17, 15) is 14.9 Å². The number of fused-ring (bicyclic) bond motifs is 1. The van der Waals surface area contributed by atoms with Crippen LogP contribution in [0.2, 0.25) is 0 Å². The van der Waals surface area contributed by atoms with Gasteiger partial charge in [-0.15, -0.1) is 11.3 Å². The molecule has 174 valence electrons. The summed E-state index contributed by atoms with van der Waals surface area (Å²) in [5.41, 5.74) is -1.68. The van der Waals surface area contributed by atoms with Gasteiger partial charge in [0, 0.05) is 10.4 Å². The van der Waals surface area contributed by atoms with Crippen LogP contribution in [0.4, 0.5) is 10.5 Å². The SMILES string of the molecule is CC(C)(C)OC(=O)N[C@]1([C@@](C)(C#N)c2cccs2)C(=O)N(Cc2ccccc2)c2ccccc21. The molecule has 6 nitrogen and oxygen atoms in total. The predicted octanol–water partition coefficient (Wildman–Crippen LogP) is 5.50. The molecule has 2 aromatic carbocycles. The highest BCUT2D eigenvalue weighted by atomic mass is 32.1. The molecule has 0 spiro atoms. The van der Waals surface area contributed by atoms with Gasteiger partial charge in [-0.2, -0.15) is 5.26 Å². The first-order valence-electron chi connectivity index (χ1n) is 11.0. The van der Waals surface area contributed by atoms with Crippen molar-refractivity contribution >= 4 is 29.0 Å². The average Bonchev–Trinajstić information content (AvgIpc) is 3.42. The van der Waals surface area contributed by atoms with E-state index < -0.39 is 22.6 Å². The van der Waals surface area contributed by atoms with Gasteiger partial charge in [-0.1, -0.05) is 54.6 Å². The second-order valence-electron chi connectivity index (χ2n) is 9.49. The number of nitrogens with zero attached hydrogens (tertiary/aromatic N) is 2. The second kappa shape index (κ2) is 8.62. The first-order chi connectivity index (χ1) is 16.1. The van der Waals surface area contributed by atoms with Gasteiger partial charge in [0.05, 0.1) is 18.3 Å². The standard InChI is InChI=1S/C27H27N3O3S/c1-25(2,3)33-24(32)29-27(26(4,18-28)22-15-10-16-34-22)20-13-8-9-14-21(20)30(23(27)31)17-19-11-6-5-7-12-19/h5-16H,17H2,1-4H3,(H,29,32)/t26-,27-/m0/s1. The van der Waals surface area contributed by atoms with Gasteiger partial charge in [-0.3, -0.25) is 4.79 Å². The molecule has 0 unspecified atom stereocenters. The zero-order chi connectivity index (χ0) is 24.6. The zero-order valence-electron chi connectivity index (χ0n) is 19.7. The molecule has 0 radical (unpaired) electrons. The van der Waals surface area contributed by atoms with Crippen molar-refractivity contribution < 1.29 is 14.3 Å². The number of para-hydroxylation sites is 1. The number of thiophene rings is 1. The Morgan fingerprint density at radius 3 is 2.35 bits per heavy atom. The molecule has 1 N–H and O–H groups in total. The molecule has 0 bridgehead atoms. The minimum atomic E-state index is -1.68. The Hall–Kier alpha value is -3.63. The molecule has 0 saturated heterocycles. The molecular weight excluding hydrogens is 446 g/mol. The molecule has 0 saturated carbocycles. The lowest BCUT2D eigenvalue weighted by atomic mass is 9.67. The van der Waals surface area contributed by atoms with Gasteiger partial charge in [-0.25, -0.2) is 4.79 Å². The molecule has 0 aliphatic carbocycles. The Kier molecular flexibility index (Phi) is 5.96. The Labute approximate surface area is 203 Å². The van der Waals surface area contributed by atoms with Gasteiger partial charge in [-0.05, 0) is 50.8 Å². The van der Waals surface area contributed by atoms with Crippen molar-refractivity contribution in [2.75, 3.05) is 4.90 Å². The minimum absolute atomic E-state index is 0.306. The fourth-order valence-corrected chi connectivity index (χ4v) is 5.34. The number of hydrogen-bond donors (Lipinski definition) is 1. The smallest absolute Gasteiger partial charge is 0.408 e. The number of benzene rings is 2. The third-order valence-corrected chi connectivity index (χ3v) is 7.12. The van der Waals surface area contributed by atoms with E-state index >= 15 is 0 Å². The summed E-state index contributed by atoms with van der Waals surface area (Å²) < 4.78 is 5.57. The highest BCUT2D eigenvalue weighted by molar-refractivity contribution is 7.10. The van der Waals surface area contributed by atoms with E-state index in [1.807, 2.05) is 66.0 Å². The third kappa shape index (κ3) is 3.84. The number of anilines is 1. The summed E-state index contributed by atoms with van der Waals surface area (Å²) in [5, 5.41) is 15.3. The molecule has 1 aliphatic heterocycles. The highest BCUT2D eigenvalue weighted by Crippen LogP contribution is 2.52. The number of carbonyl (C=O) groups excluding carboxylic acids is 2. The van der Waals surface area contributed by atoms with Crippen molar-refractivity contribution in [3.8, 4) is 6.07 Å². The minimum Gasteiger partial charge on any atom is -0.444 e. The van der Waals surface area contributed by atoms with E-state index in [0.29, 0.717) is 22.7 Å². The number of rotatable bonds is 5. The van der Waals surface area contributed by atoms with Crippen molar-refractivity contribution in [3.63, 3.8) is 0 Å². The van der Waals surface area contributed by atoms with Gasteiger partial charge in [0.15, 0.2) is 5.54 Å². The monoisotopic (exact) mass is 473 g/mol. The molecule has 34 heavy (non-hydrogen) atoms. The Bertz CT molecular complexity index is 1240. The number of nitrogens with one attached hydrogen (secondary N) is 1. The molecule has 4 rings (SSSR count). The van der Waals surface area contributed by atoms with Gasteiger partial charge < -0.3 is 15.0 Å². The van der Waals surface area contributed by atoms with Crippen molar-refractivity contribution in [2.45, 2.75) is 50.8 Å². The average molecular weight is 474 g/mol. The van der Waals surface area contributed by atoms with E-state index in [-0.39, 0.29) is 5.91 Å². The number of carbonyl (C=O) groups is 2. The van der Waals surface area contributed by atoms with Gasteiger partial charge in [0.1, 0.15) is 11.0 Å². The summed E-state index contributed by atoms with van der Waals surface area (Å²) in [4.78, 5) is 29.9. The molecule has 2 heterocycles. The van der Waals surface area contributed by atoms with Crippen LogP contribution in [-0.2, 0) is 27.0 Å². The summed E-state index contributed by atoms with van der Waals surface area (Å²) in [7, 11) is 0.